The molecule has 0 atom stereocenters. The fourth-order valence-electron chi connectivity index (χ4n) is 1.54. The van der Waals surface area contributed by atoms with Gasteiger partial charge < -0.3 is 0 Å². The van der Waals surface area contributed by atoms with Crippen LogP contribution < -0.4 is 5.43 Å². The molecule has 0 saturated carbocycles. The van der Waals surface area contributed by atoms with E-state index in [1.807, 2.05) is 64.1 Å². The summed E-state index contributed by atoms with van der Waals surface area (Å²) in [5, 5.41) is 4.31. The summed E-state index contributed by atoms with van der Waals surface area (Å²) in [7, 11) is 0. The lowest BCUT2D eigenvalue weighted by atomic mass is 10.1. The van der Waals surface area contributed by atoms with Crippen LogP contribution in [-0.2, 0) is 6.42 Å². The number of nitrogens with one attached hydrogen (secondary N) is 1. The van der Waals surface area contributed by atoms with Crippen LogP contribution in [0.15, 0.2) is 53.9 Å². The van der Waals surface area contributed by atoms with Crippen LogP contribution in [0.4, 0.5) is 0 Å². The molecule has 2 aromatic rings. The molecule has 2 rings (SSSR count). The van der Waals surface area contributed by atoms with Crippen molar-refractivity contribution in [1.82, 2.24) is 15.4 Å². The molecule has 0 amide bonds. The quantitative estimate of drug-likeness (QED) is 0.512. The minimum Gasteiger partial charge on any atom is -0.272 e. The summed E-state index contributed by atoms with van der Waals surface area (Å²) >= 11 is 4.97. The van der Waals surface area contributed by atoms with Gasteiger partial charge in [-0.1, -0.05) is 52.0 Å². The van der Waals surface area contributed by atoms with Crippen molar-refractivity contribution in [3.63, 3.8) is 0 Å². The molecule has 5 heteroatoms. The van der Waals surface area contributed by atoms with E-state index in [1.165, 1.54) is 0 Å². The Balaban J connectivity index is 0.00000112. The maximum Gasteiger partial charge on any atom is 0.0930 e. The summed E-state index contributed by atoms with van der Waals surface area (Å²) in [6.45, 7) is 9.79. The number of nitrogens with zero attached hydrogens (tertiary/aromatic N) is 3. The Morgan fingerprint density at radius 1 is 1.00 bits per heavy atom. The lowest BCUT2D eigenvalue weighted by molar-refractivity contribution is 1.01. The summed E-state index contributed by atoms with van der Waals surface area (Å²) in [5.41, 5.74) is 5.38. The van der Waals surface area contributed by atoms with Crippen molar-refractivity contribution in [2.24, 2.45) is 5.10 Å². The van der Waals surface area contributed by atoms with Crippen molar-refractivity contribution < 1.29 is 0 Å². The van der Waals surface area contributed by atoms with Gasteiger partial charge in [-0.25, -0.2) is 0 Å². The van der Waals surface area contributed by atoms with Crippen LogP contribution in [0.1, 0.15) is 46.0 Å². The normalized spacial score (nSPS) is 9.70. The fourth-order valence-corrected chi connectivity index (χ4v) is 1.59. The van der Waals surface area contributed by atoms with Crippen molar-refractivity contribution in [2.45, 2.75) is 41.0 Å². The predicted molar refractivity (Wildman–Crippen MR) is 103 cm³/mol. The van der Waals surface area contributed by atoms with Gasteiger partial charge >= 0.3 is 0 Å². The lowest BCUT2D eigenvalue weighted by Gasteiger charge is -2.06. The highest BCUT2D eigenvalue weighted by molar-refractivity contribution is 7.80. The maximum atomic E-state index is 4.97. The number of rotatable bonds is 4. The molecule has 0 unspecified atom stereocenters. The molecule has 0 fully saturated rings. The standard InChI is InChI=1S/C14H14N4S.2C2H6/c1-11(19)17-18-14(13-7-3-5-9-16-13)10-12-6-2-4-8-15-12;2*1-2/h2-9H,10H2,1H3,(H,17,19);2*1-2H3/b18-14+;;. The Kier molecular flexibility index (Phi) is 12.3. The third-order valence-corrected chi connectivity index (χ3v) is 2.47. The van der Waals surface area contributed by atoms with E-state index < -0.39 is 0 Å². The summed E-state index contributed by atoms with van der Waals surface area (Å²) < 4.78 is 0. The largest absolute Gasteiger partial charge is 0.272 e. The zero-order chi connectivity index (χ0) is 17.5. The highest BCUT2D eigenvalue weighted by Gasteiger charge is 2.07. The molecular formula is C18H26N4S. The first-order chi connectivity index (χ1) is 11.3. The molecule has 0 saturated heterocycles. The zero-order valence-corrected chi connectivity index (χ0v) is 15.4. The molecule has 0 aliphatic carbocycles. The van der Waals surface area contributed by atoms with Crippen molar-refractivity contribution in [3.05, 3.63) is 60.2 Å². The molecule has 0 aliphatic rings. The van der Waals surface area contributed by atoms with Gasteiger partial charge in [0.15, 0.2) is 0 Å². The molecule has 0 aliphatic heterocycles. The van der Waals surface area contributed by atoms with Crippen LogP contribution >= 0.6 is 12.2 Å². The van der Waals surface area contributed by atoms with E-state index in [2.05, 4.69) is 20.5 Å². The van der Waals surface area contributed by atoms with Crippen molar-refractivity contribution in [3.8, 4) is 0 Å². The van der Waals surface area contributed by atoms with Gasteiger partial charge in [0.05, 0.1) is 16.4 Å². The van der Waals surface area contributed by atoms with E-state index >= 15 is 0 Å². The van der Waals surface area contributed by atoms with Crippen LogP contribution in [0, 0.1) is 0 Å². The molecule has 124 valence electrons. The molecule has 0 bridgehead atoms. The summed E-state index contributed by atoms with van der Waals surface area (Å²) in [5.74, 6) is 0. The topological polar surface area (TPSA) is 50.2 Å². The first-order valence-electron chi connectivity index (χ1n) is 7.90. The number of hydrogen-bond acceptors (Lipinski definition) is 4. The Labute approximate surface area is 145 Å². The second-order valence-corrected chi connectivity index (χ2v) is 4.55. The Bertz CT molecular complexity index is 568. The van der Waals surface area contributed by atoms with Crippen LogP contribution in [0.2, 0.25) is 0 Å². The third-order valence-electron chi connectivity index (χ3n) is 2.38. The zero-order valence-electron chi connectivity index (χ0n) is 14.6. The summed E-state index contributed by atoms with van der Waals surface area (Å²) in [6.07, 6.45) is 4.12. The minimum absolute atomic E-state index is 0.605. The van der Waals surface area contributed by atoms with Crippen LogP contribution in [-0.4, -0.2) is 20.7 Å². The average Bonchev–Trinajstić information content (AvgIpc) is 2.63. The van der Waals surface area contributed by atoms with E-state index in [0.29, 0.717) is 11.4 Å². The second kappa shape index (κ2) is 13.5. The van der Waals surface area contributed by atoms with Gasteiger partial charge in [0, 0.05) is 24.5 Å². The monoisotopic (exact) mass is 330 g/mol. The highest BCUT2D eigenvalue weighted by atomic mass is 32.1. The number of hydrazone groups is 1. The molecular weight excluding hydrogens is 304 g/mol. The predicted octanol–water partition coefficient (Wildman–Crippen LogP) is 4.41. The molecule has 0 radical (unpaired) electrons. The van der Waals surface area contributed by atoms with Crippen LogP contribution in [0.5, 0.6) is 0 Å². The first-order valence-corrected chi connectivity index (χ1v) is 8.31. The number of hydrogen-bond donors (Lipinski definition) is 1. The van der Waals surface area contributed by atoms with E-state index in [4.69, 9.17) is 12.2 Å². The van der Waals surface area contributed by atoms with Gasteiger partial charge in [-0.3, -0.25) is 15.4 Å². The molecule has 0 spiro atoms. The fraction of sp³-hybridized carbons (Fsp3) is 0.333. The molecule has 23 heavy (non-hydrogen) atoms. The van der Waals surface area contributed by atoms with Crippen molar-refractivity contribution in [2.75, 3.05) is 0 Å². The van der Waals surface area contributed by atoms with Gasteiger partial charge in [-0.2, -0.15) is 5.10 Å². The Hall–Kier alpha value is -2.14. The van der Waals surface area contributed by atoms with Crippen molar-refractivity contribution >= 4 is 22.9 Å². The SMILES string of the molecule is CC.CC.CC(=S)N/N=C(\Cc1ccccn1)c1ccccn1. The van der Waals surface area contributed by atoms with Gasteiger partial charge in [-0.05, 0) is 31.2 Å². The van der Waals surface area contributed by atoms with E-state index in [9.17, 15) is 0 Å². The van der Waals surface area contributed by atoms with E-state index in [1.54, 1.807) is 19.3 Å². The minimum atomic E-state index is 0.605. The van der Waals surface area contributed by atoms with E-state index in [-0.39, 0.29) is 0 Å². The number of pyridine rings is 2. The third kappa shape index (κ3) is 8.78. The van der Waals surface area contributed by atoms with Crippen LogP contribution in [0.25, 0.3) is 0 Å². The highest BCUT2D eigenvalue weighted by Crippen LogP contribution is 2.04. The second-order valence-electron chi connectivity index (χ2n) is 3.94. The maximum absolute atomic E-state index is 4.97. The average molecular weight is 331 g/mol. The van der Waals surface area contributed by atoms with Gasteiger partial charge in [0.25, 0.3) is 0 Å². The molecule has 1 N–H and O–H groups in total. The first kappa shape index (κ1) is 20.9. The molecule has 2 aromatic heterocycles. The lowest BCUT2D eigenvalue weighted by Crippen LogP contribution is -2.17. The summed E-state index contributed by atoms with van der Waals surface area (Å²) in [6, 6.07) is 11.5. The van der Waals surface area contributed by atoms with Gasteiger partial charge in [0.2, 0.25) is 0 Å². The Morgan fingerprint density at radius 3 is 2.09 bits per heavy atom. The van der Waals surface area contributed by atoms with Crippen LogP contribution in [0.3, 0.4) is 0 Å². The smallest absolute Gasteiger partial charge is 0.0930 e. The summed E-state index contributed by atoms with van der Waals surface area (Å²) in [4.78, 5) is 9.23. The molecule has 4 nitrogen and oxygen atoms in total. The number of aromatic nitrogens is 2. The molecule has 0 aromatic carbocycles. The van der Waals surface area contributed by atoms with E-state index in [0.717, 1.165) is 17.1 Å². The number of thiocarbonyl (C=S) groups is 1. The Morgan fingerprint density at radius 2 is 1.61 bits per heavy atom. The molecule has 2 heterocycles. The van der Waals surface area contributed by atoms with Gasteiger partial charge in [0.1, 0.15) is 0 Å². The van der Waals surface area contributed by atoms with Gasteiger partial charge in [-0.15, -0.1) is 0 Å². The van der Waals surface area contributed by atoms with Crippen molar-refractivity contribution in [1.29, 1.82) is 0 Å².